The van der Waals surface area contributed by atoms with Gasteiger partial charge in [0.25, 0.3) is 0 Å². The van der Waals surface area contributed by atoms with Crippen molar-refractivity contribution in [1.82, 2.24) is 15.1 Å². The highest BCUT2D eigenvalue weighted by Gasteiger charge is 2.18. The first-order valence-electron chi connectivity index (χ1n) is 5.90. The molecule has 7 nitrogen and oxygen atoms in total. The fourth-order valence-corrected chi connectivity index (χ4v) is 1.44. The van der Waals surface area contributed by atoms with Gasteiger partial charge in [0, 0.05) is 13.1 Å². The van der Waals surface area contributed by atoms with Crippen molar-refractivity contribution in [2.24, 2.45) is 0 Å². The molecule has 1 aromatic heterocycles. The Balaban J connectivity index is 2.76. The monoisotopic (exact) mass is 254 g/mol. The Labute approximate surface area is 105 Å². The predicted molar refractivity (Wildman–Crippen MR) is 66.5 cm³/mol. The second-order valence-corrected chi connectivity index (χ2v) is 3.48. The summed E-state index contributed by atoms with van der Waals surface area (Å²) in [6.45, 7) is 6.92. The van der Waals surface area contributed by atoms with Gasteiger partial charge >= 0.3 is 12.0 Å². The van der Waals surface area contributed by atoms with Crippen LogP contribution in [0.15, 0.2) is 6.20 Å². The third-order valence-corrected chi connectivity index (χ3v) is 2.42. The van der Waals surface area contributed by atoms with Crippen LogP contribution in [-0.2, 0) is 4.74 Å². The van der Waals surface area contributed by atoms with Gasteiger partial charge in [-0.05, 0) is 20.8 Å². The van der Waals surface area contributed by atoms with Crippen molar-refractivity contribution in [1.29, 1.82) is 0 Å². The molecule has 0 saturated heterocycles. The smallest absolute Gasteiger partial charge is 0.343 e. The number of carbonyl (C=O) groups is 2. The topological polar surface area (TPSA) is 87.3 Å². The predicted octanol–water partition coefficient (Wildman–Crippen LogP) is 1.46. The van der Waals surface area contributed by atoms with Gasteiger partial charge in [-0.15, -0.1) is 0 Å². The molecule has 0 aromatic carbocycles. The average Bonchev–Trinajstić information content (AvgIpc) is 2.79. The lowest BCUT2D eigenvalue weighted by Gasteiger charge is -2.18. The minimum atomic E-state index is -0.513. The Bertz CT molecular complexity index is 412. The highest BCUT2D eigenvalue weighted by atomic mass is 16.5. The number of anilines is 1. The zero-order valence-electron chi connectivity index (χ0n) is 10.8. The number of hydrogen-bond donors (Lipinski definition) is 2. The van der Waals surface area contributed by atoms with Gasteiger partial charge in [-0.1, -0.05) is 0 Å². The molecule has 0 aliphatic carbocycles. The van der Waals surface area contributed by atoms with Crippen LogP contribution in [0.5, 0.6) is 0 Å². The van der Waals surface area contributed by atoms with Crippen LogP contribution < -0.4 is 5.32 Å². The van der Waals surface area contributed by atoms with Crippen LogP contribution in [-0.4, -0.2) is 46.8 Å². The zero-order chi connectivity index (χ0) is 13.5. The van der Waals surface area contributed by atoms with Gasteiger partial charge in [-0.25, -0.2) is 9.59 Å². The summed E-state index contributed by atoms with van der Waals surface area (Å²) in [5, 5.41) is 8.90. The number of aromatic amines is 1. The number of H-pyrrole nitrogens is 1. The summed E-state index contributed by atoms with van der Waals surface area (Å²) >= 11 is 0. The van der Waals surface area contributed by atoms with Gasteiger partial charge in [0.05, 0.1) is 12.8 Å². The highest BCUT2D eigenvalue weighted by molar-refractivity contribution is 5.99. The quantitative estimate of drug-likeness (QED) is 0.779. The summed E-state index contributed by atoms with van der Waals surface area (Å²) < 4.78 is 4.86. The lowest BCUT2D eigenvalue weighted by molar-refractivity contribution is 0.0527. The number of ether oxygens (including phenoxy) is 1. The van der Waals surface area contributed by atoms with E-state index in [1.54, 1.807) is 11.8 Å². The first kappa shape index (κ1) is 14.0. The summed E-state index contributed by atoms with van der Waals surface area (Å²) in [5.41, 5.74) is 0.220. The van der Waals surface area contributed by atoms with E-state index >= 15 is 0 Å². The number of aromatic nitrogens is 2. The van der Waals surface area contributed by atoms with Gasteiger partial charge in [0.15, 0.2) is 0 Å². The van der Waals surface area contributed by atoms with Crippen LogP contribution in [0, 0.1) is 0 Å². The first-order valence-corrected chi connectivity index (χ1v) is 5.90. The fourth-order valence-electron chi connectivity index (χ4n) is 1.44. The van der Waals surface area contributed by atoms with Gasteiger partial charge in [0.1, 0.15) is 11.4 Å². The molecule has 0 spiro atoms. The van der Waals surface area contributed by atoms with Crippen LogP contribution in [0.25, 0.3) is 0 Å². The summed E-state index contributed by atoms with van der Waals surface area (Å²) in [5.74, 6) is -0.258. The molecule has 1 heterocycles. The van der Waals surface area contributed by atoms with E-state index in [2.05, 4.69) is 15.5 Å². The van der Waals surface area contributed by atoms with Crippen molar-refractivity contribution in [3.63, 3.8) is 0 Å². The Hall–Kier alpha value is -2.05. The molecule has 0 aliphatic heterocycles. The maximum atomic E-state index is 11.8. The number of rotatable bonds is 5. The van der Waals surface area contributed by atoms with Crippen molar-refractivity contribution in [3.8, 4) is 0 Å². The molecule has 18 heavy (non-hydrogen) atoms. The zero-order valence-corrected chi connectivity index (χ0v) is 10.8. The number of urea groups is 1. The fraction of sp³-hybridized carbons (Fsp3) is 0.545. The largest absolute Gasteiger partial charge is 0.462 e. The molecule has 1 rings (SSSR count). The number of carbonyl (C=O) groups excluding carboxylic acids is 2. The molecule has 1 aromatic rings. The van der Waals surface area contributed by atoms with Crippen molar-refractivity contribution in [2.75, 3.05) is 25.0 Å². The van der Waals surface area contributed by atoms with E-state index in [1.807, 2.05) is 13.8 Å². The van der Waals surface area contributed by atoms with Crippen LogP contribution >= 0.6 is 0 Å². The van der Waals surface area contributed by atoms with E-state index in [4.69, 9.17) is 4.74 Å². The average molecular weight is 254 g/mol. The Morgan fingerprint density at radius 3 is 2.61 bits per heavy atom. The number of nitrogens with one attached hydrogen (secondary N) is 2. The van der Waals surface area contributed by atoms with Crippen LogP contribution in [0.3, 0.4) is 0 Å². The molecule has 0 bridgehead atoms. The maximum Gasteiger partial charge on any atom is 0.343 e. The van der Waals surface area contributed by atoms with Crippen molar-refractivity contribution in [3.05, 3.63) is 11.8 Å². The molecule has 7 heteroatoms. The van der Waals surface area contributed by atoms with Crippen molar-refractivity contribution < 1.29 is 14.3 Å². The van der Waals surface area contributed by atoms with Crippen LogP contribution in [0.1, 0.15) is 31.1 Å². The molecule has 0 radical (unpaired) electrons. The summed E-state index contributed by atoms with van der Waals surface area (Å²) in [4.78, 5) is 25.0. The van der Waals surface area contributed by atoms with Crippen molar-refractivity contribution in [2.45, 2.75) is 20.8 Å². The summed E-state index contributed by atoms with van der Waals surface area (Å²) in [6.07, 6.45) is 1.33. The molecule has 100 valence electrons. The van der Waals surface area contributed by atoms with Gasteiger partial charge in [0.2, 0.25) is 0 Å². The van der Waals surface area contributed by atoms with E-state index in [1.165, 1.54) is 6.20 Å². The normalized spacial score (nSPS) is 9.94. The number of hydrogen-bond acceptors (Lipinski definition) is 4. The SMILES string of the molecule is CCOC(=O)c1cn[nH]c1NC(=O)N(CC)CC. The van der Waals surface area contributed by atoms with Gasteiger partial charge < -0.3 is 9.64 Å². The van der Waals surface area contributed by atoms with Crippen LogP contribution in [0.2, 0.25) is 0 Å². The van der Waals surface area contributed by atoms with Crippen LogP contribution in [0.4, 0.5) is 10.6 Å². The molecule has 0 unspecified atom stereocenters. The minimum Gasteiger partial charge on any atom is -0.462 e. The molecule has 2 N–H and O–H groups in total. The van der Waals surface area contributed by atoms with E-state index in [0.717, 1.165) is 0 Å². The second kappa shape index (κ2) is 6.63. The molecular formula is C11H18N4O3. The third kappa shape index (κ3) is 3.22. The van der Waals surface area contributed by atoms with Crippen molar-refractivity contribution >= 4 is 17.8 Å². The maximum absolute atomic E-state index is 11.8. The second-order valence-electron chi connectivity index (χ2n) is 3.48. The van der Waals surface area contributed by atoms with E-state index < -0.39 is 5.97 Å². The number of amides is 2. The molecular weight excluding hydrogens is 236 g/mol. The first-order chi connectivity index (χ1) is 8.63. The Morgan fingerprint density at radius 2 is 2.06 bits per heavy atom. The van der Waals surface area contributed by atoms with Gasteiger partial charge in [-0.2, -0.15) is 5.10 Å². The molecule has 0 atom stereocenters. The lowest BCUT2D eigenvalue weighted by Crippen LogP contribution is -2.35. The molecule has 2 amide bonds. The Kier molecular flexibility index (Phi) is 5.16. The standard InChI is InChI=1S/C11H18N4O3/c1-4-15(5-2)11(17)13-9-8(7-12-14-9)10(16)18-6-3/h7H,4-6H2,1-3H3,(H2,12,13,14,17). The molecule has 0 aliphatic rings. The summed E-state index contributed by atoms with van der Waals surface area (Å²) in [6, 6.07) is -0.283. The van der Waals surface area contributed by atoms with E-state index in [-0.39, 0.29) is 24.0 Å². The summed E-state index contributed by atoms with van der Waals surface area (Å²) in [7, 11) is 0. The third-order valence-electron chi connectivity index (χ3n) is 2.42. The minimum absolute atomic E-state index is 0.220. The van der Waals surface area contributed by atoms with E-state index in [0.29, 0.717) is 13.1 Å². The van der Waals surface area contributed by atoms with E-state index in [9.17, 15) is 9.59 Å². The number of esters is 1. The molecule has 0 fully saturated rings. The lowest BCUT2D eigenvalue weighted by atomic mass is 10.3. The van der Waals surface area contributed by atoms with Gasteiger partial charge in [-0.3, -0.25) is 10.4 Å². The molecule has 0 saturated carbocycles. The highest BCUT2D eigenvalue weighted by Crippen LogP contribution is 2.13. The number of nitrogens with zero attached hydrogens (tertiary/aromatic N) is 2. The Morgan fingerprint density at radius 1 is 1.39 bits per heavy atom.